The molecule has 0 aromatic carbocycles. The Morgan fingerprint density at radius 2 is 2.43 bits per heavy atom. The molecule has 0 saturated carbocycles. The lowest BCUT2D eigenvalue weighted by atomic mass is 10.2. The van der Waals surface area contributed by atoms with Crippen molar-refractivity contribution in [2.24, 2.45) is 5.73 Å². The maximum atomic E-state index is 11.5. The third-order valence-corrected chi connectivity index (χ3v) is 2.70. The topological polar surface area (TPSA) is 58.4 Å². The number of hydrogen-bond donors (Lipinski definition) is 2. The Kier molecular flexibility index (Phi) is 4.35. The molecule has 0 spiro atoms. The van der Waals surface area contributed by atoms with Crippen molar-refractivity contribution in [2.75, 3.05) is 19.6 Å². The van der Waals surface area contributed by atoms with E-state index < -0.39 is 0 Å². The maximum absolute atomic E-state index is 11.5. The molecule has 2 unspecified atom stereocenters. The lowest BCUT2D eigenvalue weighted by molar-refractivity contribution is -0.122. The van der Waals surface area contributed by atoms with Crippen LogP contribution in [0.15, 0.2) is 0 Å². The highest BCUT2D eigenvalue weighted by Crippen LogP contribution is 2.05. The Hall–Kier alpha value is -0.610. The number of carbonyl (C=O) groups excluding carboxylic acids is 1. The van der Waals surface area contributed by atoms with E-state index >= 15 is 0 Å². The summed E-state index contributed by atoms with van der Waals surface area (Å²) in [6.45, 7) is 6.39. The monoisotopic (exact) mass is 199 g/mol. The van der Waals surface area contributed by atoms with Gasteiger partial charge in [0.2, 0.25) is 5.91 Å². The van der Waals surface area contributed by atoms with E-state index in [0.717, 1.165) is 25.9 Å². The van der Waals surface area contributed by atoms with Gasteiger partial charge in [-0.15, -0.1) is 0 Å². The highest BCUT2D eigenvalue weighted by molar-refractivity contribution is 5.78. The van der Waals surface area contributed by atoms with Crippen molar-refractivity contribution in [3.05, 3.63) is 0 Å². The van der Waals surface area contributed by atoms with Gasteiger partial charge >= 0.3 is 0 Å². The SMILES string of the molecule is CCC(C)NC(=O)CN1CCC(N)C1. The number of amides is 1. The van der Waals surface area contributed by atoms with Crippen LogP contribution in [0.2, 0.25) is 0 Å². The molecular formula is C10H21N3O. The van der Waals surface area contributed by atoms with Crippen LogP contribution in [-0.4, -0.2) is 42.5 Å². The van der Waals surface area contributed by atoms with Crippen LogP contribution in [0.1, 0.15) is 26.7 Å². The van der Waals surface area contributed by atoms with Crippen LogP contribution >= 0.6 is 0 Å². The molecule has 1 saturated heterocycles. The largest absolute Gasteiger partial charge is 0.353 e. The lowest BCUT2D eigenvalue weighted by Gasteiger charge is -2.17. The van der Waals surface area contributed by atoms with E-state index in [1.54, 1.807) is 0 Å². The fourth-order valence-corrected chi connectivity index (χ4v) is 1.63. The van der Waals surface area contributed by atoms with Crippen molar-refractivity contribution in [1.29, 1.82) is 0 Å². The first-order valence-corrected chi connectivity index (χ1v) is 5.39. The Labute approximate surface area is 85.8 Å². The van der Waals surface area contributed by atoms with Crippen molar-refractivity contribution < 1.29 is 4.79 Å². The number of nitrogens with two attached hydrogens (primary N) is 1. The molecule has 1 heterocycles. The summed E-state index contributed by atoms with van der Waals surface area (Å²) < 4.78 is 0. The Balaban J connectivity index is 2.20. The standard InChI is InChI=1S/C10H21N3O/c1-3-8(2)12-10(14)7-13-5-4-9(11)6-13/h8-9H,3-7,11H2,1-2H3,(H,12,14). The smallest absolute Gasteiger partial charge is 0.234 e. The number of nitrogens with zero attached hydrogens (tertiary/aromatic N) is 1. The van der Waals surface area contributed by atoms with Gasteiger partial charge in [0.05, 0.1) is 6.54 Å². The fraction of sp³-hybridized carbons (Fsp3) is 0.900. The van der Waals surface area contributed by atoms with E-state index in [1.165, 1.54) is 0 Å². The van der Waals surface area contributed by atoms with Gasteiger partial charge < -0.3 is 11.1 Å². The number of carbonyl (C=O) groups is 1. The molecule has 82 valence electrons. The molecule has 4 heteroatoms. The summed E-state index contributed by atoms with van der Waals surface area (Å²) in [5.74, 6) is 0.119. The predicted molar refractivity (Wildman–Crippen MR) is 56.9 cm³/mol. The highest BCUT2D eigenvalue weighted by Gasteiger charge is 2.21. The summed E-state index contributed by atoms with van der Waals surface area (Å²) in [6, 6.07) is 0.533. The Morgan fingerprint density at radius 3 is 2.93 bits per heavy atom. The number of rotatable bonds is 4. The first kappa shape index (κ1) is 11.5. The van der Waals surface area contributed by atoms with Crippen molar-refractivity contribution in [2.45, 2.75) is 38.8 Å². The van der Waals surface area contributed by atoms with Crippen molar-refractivity contribution in [3.8, 4) is 0 Å². The van der Waals surface area contributed by atoms with Gasteiger partial charge in [-0.1, -0.05) is 6.92 Å². The number of nitrogens with one attached hydrogen (secondary N) is 1. The zero-order chi connectivity index (χ0) is 10.6. The van der Waals surface area contributed by atoms with Crippen LogP contribution in [-0.2, 0) is 4.79 Å². The minimum atomic E-state index is 0.119. The second-order valence-electron chi connectivity index (χ2n) is 4.16. The maximum Gasteiger partial charge on any atom is 0.234 e. The summed E-state index contributed by atoms with van der Waals surface area (Å²) in [6.07, 6.45) is 1.99. The summed E-state index contributed by atoms with van der Waals surface area (Å²) in [4.78, 5) is 13.6. The molecule has 0 aromatic heterocycles. The molecule has 1 rings (SSSR count). The van der Waals surface area contributed by atoms with E-state index in [9.17, 15) is 4.79 Å². The van der Waals surface area contributed by atoms with E-state index in [4.69, 9.17) is 5.73 Å². The minimum Gasteiger partial charge on any atom is -0.353 e. The number of hydrogen-bond acceptors (Lipinski definition) is 3. The van der Waals surface area contributed by atoms with Crippen molar-refractivity contribution in [1.82, 2.24) is 10.2 Å². The third kappa shape index (κ3) is 3.64. The number of likely N-dealkylation sites (tertiary alicyclic amines) is 1. The van der Waals surface area contributed by atoms with Crippen LogP contribution in [0.3, 0.4) is 0 Å². The minimum absolute atomic E-state index is 0.119. The molecule has 1 aliphatic heterocycles. The predicted octanol–water partition coefficient (Wildman–Crippen LogP) is -0.0659. The van der Waals surface area contributed by atoms with Crippen LogP contribution < -0.4 is 11.1 Å². The second-order valence-corrected chi connectivity index (χ2v) is 4.16. The van der Waals surface area contributed by atoms with Gasteiger partial charge in [-0.25, -0.2) is 0 Å². The van der Waals surface area contributed by atoms with Gasteiger partial charge in [-0.05, 0) is 19.8 Å². The fourth-order valence-electron chi connectivity index (χ4n) is 1.63. The first-order valence-electron chi connectivity index (χ1n) is 5.39. The van der Waals surface area contributed by atoms with Crippen LogP contribution in [0.4, 0.5) is 0 Å². The van der Waals surface area contributed by atoms with E-state index in [0.29, 0.717) is 6.54 Å². The molecule has 3 N–H and O–H groups in total. The summed E-state index contributed by atoms with van der Waals surface area (Å²) >= 11 is 0. The van der Waals surface area contributed by atoms with Gasteiger partial charge in [0, 0.05) is 25.2 Å². The lowest BCUT2D eigenvalue weighted by Crippen LogP contribution is -2.40. The van der Waals surface area contributed by atoms with E-state index in [1.807, 2.05) is 6.92 Å². The molecule has 0 aromatic rings. The van der Waals surface area contributed by atoms with E-state index in [-0.39, 0.29) is 18.0 Å². The molecule has 1 fully saturated rings. The van der Waals surface area contributed by atoms with Gasteiger partial charge in [0.25, 0.3) is 0 Å². The van der Waals surface area contributed by atoms with Gasteiger partial charge in [0.15, 0.2) is 0 Å². The average Bonchev–Trinajstić information content (AvgIpc) is 2.50. The zero-order valence-corrected chi connectivity index (χ0v) is 9.12. The zero-order valence-electron chi connectivity index (χ0n) is 9.12. The molecule has 0 radical (unpaired) electrons. The van der Waals surface area contributed by atoms with E-state index in [2.05, 4.69) is 17.1 Å². The van der Waals surface area contributed by atoms with Gasteiger partial charge in [-0.3, -0.25) is 9.69 Å². The molecule has 1 aliphatic rings. The molecule has 0 bridgehead atoms. The second kappa shape index (κ2) is 5.32. The van der Waals surface area contributed by atoms with Gasteiger partial charge in [-0.2, -0.15) is 0 Å². The van der Waals surface area contributed by atoms with Crippen LogP contribution in [0.5, 0.6) is 0 Å². The molecule has 4 nitrogen and oxygen atoms in total. The molecular weight excluding hydrogens is 178 g/mol. The van der Waals surface area contributed by atoms with Crippen molar-refractivity contribution >= 4 is 5.91 Å². The van der Waals surface area contributed by atoms with Crippen molar-refractivity contribution in [3.63, 3.8) is 0 Å². The molecule has 1 amide bonds. The summed E-state index contributed by atoms with van der Waals surface area (Å²) in [5, 5.41) is 2.95. The summed E-state index contributed by atoms with van der Waals surface area (Å²) in [7, 11) is 0. The summed E-state index contributed by atoms with van der Waals surface area (Å²) in [5.41, 5.74) is 5.75. The van der Waals surface area contributed by atoms with Crippen LogP contribution in [0.25, 0.3) is 0 Å². The Bertz CT molecular complexity index is 196. The molecule has 14 heavy (non-hydrogen) atoms. The highest BCUT2D eigenvalue weighted by atomic mass is 16.2. The molecule has 2 atom stereocenters. The third-order valence-electron chi connectivity index (χ3n) is 2.70. The molecule has 0 aliphatic carbocycles. The first-order chi connectivity index (χ1) is 6.61. The Morgan fingerprint density at radius 1 is 1.71 bits per heavy atom. The van der Waals surface area contributed by atoms with Crippen LogP contribution in [0, 0.1) is 0 Å². The normalized spacial score (nSPS) is 24.9. The quantitative estimate of drug-likeness (QED) is 0.666. The van der Waals surface area contributed by atoms with Gasteiger partial charge in [0.1, 0.15) is 0 Å². The average molecular weight is 199 g/mol.